The van der Waals surface area contributed by atoms with E-state index >= 15 is 0 Å². The number of carbonyl (C=O) groups is 3. The molecular formula is C25H27N5O3. The van der Waals surface area contributed by atoms with Gasteiger partial charge in [0.1, 0.15) is 23.2 Å². The smallest absolute Gasteiger partial charge is 0.255 e. The predicted octanol–water partition coefficient (Wildman–Crippen LogP) is 3.28. The Kier molecular flexibility index (Phi) is 4.77. The molecule has 2 N–H and O–H groups in total. The molecule has 0 radical (unpaired) electrons. The SMILES string of the molecule is Cc1cccc2nc(-c3ccc4c(c3)CN(C3CCC(=O)NC3=O)C4=O)c(NC(C)(C)C)n12. The average molecular weight is 446 g/mol. The number of nitrogens with zero attached hydrogens (tertiary/aromatic N) is 3. The van der Waals surface area contributed by atoms with Crippen LogP contribution in [0.5, 0.6) is 0 Å². The van der Waals surface area contributed by atoms with Crippen LogP contribution in [0, 0.1) is 6.92 Å². The number of aromatic nitrogens is 2. The molecule has 1 aromatic carbocycles. The molecule has 5 rings (SSSR count). The van der Waals surface area contributed by atoms with Gasteiger partial charge >= 0.3 is 0 Å². The van der Waals surface area contributed by atoms with Crippen LogP contribution in [-0.2, 0) is 16.1 Å². The number of hydrogen-bond acceptors (Lipinski definition) is 5. The second-order valence-corrected chi connectivity index (χ2v) is 9.82. The topological polar surface area (TPSA) is 95.8 Å². The number of imidazole rings is 1. The van der Waals surface area contributed by atoms with Gasteiger partial charge in [0, 0.05) is 35.3 Å². The van der Waals surface area contributed by atoms with Gasteiger partial charge in [0.25, 0.3) is 5.91 Å². The number of piperidine rings is 1. The van der Waals surface area contributed by atoms with Gasteiger partial charge in [-0.3, -0.25) is 24.1 Å². The molecule has 0 bridgehead atoms. The number of hydrogen-bond donors (Lipinski definition) is 2. The van der Waals surface area contributed by atoms with E-state index in [1.807, 2.05) is 43.3 Å². The zero-order valence-electron chi connectivity index (χ0n) is 19.2. The van der Waals surface area contributed by atoms with Crippen molar-refractivity contribution in [2.24, 2.45) is 0 Å². The zero-order valence-corrected chi connectivity index (χ0v) is 19.2. The van der Waals surface area contributed by atoms with Crippen molar-refractivity contribution in [3.8, 4) is 11.3 Å². The first kappa shape index (κ1) is 21.2. The zero-order chi connectivity index (χ0) is 23.5. The number of rotatable bonds is 3. The molecule has 3 amide bonds. The van der Waals surface area contributed by atoms with E-state index in [2.05, 4.69) is 35.8 Å². The lowest BCUT2D eigenvalue weighted by Crippen LogP contribution is -2.52. The van der Waals surface area contributed by atoms with Crippen molar-refractivity contribution in [2.75, 3.05) is 5.32 Å². The fourth-order valence-electron chi connectivity index (χ4n) is 4.65. The van der Waals surface area contributed by atoms with Gasteiger partial charge in [0.2, 0.25) is 11.8 Å². The van der Waals surface area contributed by atoms with Gasteiger partial charge in [-0.25, -0.2) is 4.98 Å². The van der Waals surface area contributed by atoms with Crippen molar-refractivity contribution in [3.05, 3.63) is 53.2 Å². The maximum absolute atomic E-state index is 13.0. The molecule has 2 aliphatic rings. The van der Waals surface area contributed by atoms with Crippen LogP contribution in [0.3, 0.4) is 0 Å². The Hall–Kier alpha value is -3.68. The van der Waals surface area contributed by atoms with Gasteiger partial charge < -0.3 is 10.2 Å². The largest absolute Gasteiger partial charge is 0.365 e. The van der Waals surface area contributed by atoms with E-state index in [4.69, 9.17) is 4.98 Å². The monoisotopic (exact) mass is 445 g/mol. The van der Waals surface area contributed by atoms with E-state index in [1.165, 1.54) is 0 Å². The molecule has 8 nitrogen and oxygen atoms in total. The molecule has 1 fully saturated rings. The molecule has 1 saturated heterocycles. The first-order valence-corrected chi connectivity index (χ1v) is 11.2. The molecule has 33 heavy (non-hydrogen) atoms. The van der Waals surface area contributed by atoms with Gasteiger partial charge in [-0.05, 0) is 63.9 Å². The molecule has 0 saturated carbocycles. The Labute approximate surface area is 192 Å². The molecule has 2 aliphatic heterocycles. The lowest BCUT2D eigenvalue weighted by Gasteiger charge is -2.29. The van der Waals surface area contributed by atoms with Crippen LogP contribution in [0.1, 0.15) is 55.2 Å². The molecule has 1 atom stereocenters. The minimum atomic E-state index is -0.623. The Morgan fingerprint density at radius 3 is 2.64 bits per heavy atom. The van der Waals surface area contributed by atoms with Gasteiger partial charge in [-0.15, -0.1) is 0 Å². The van der Waals surface area contributed by atoms with Crippen LogP contribution in [0.2, 0.25) is 0 Å². The van der Waals surface area contributed by atoms with Crippen molar-refractivity contribution in [1.82, 2.24) is 19.6 Å². The number of pyridine rings is 1. The van der Waals surface area contributed by atoms with Crippen LogP contribution < -0.4 is 10.6 Å². The summed E-state index contributed by atoms with van der Waals surface area (Å²) in [6.07, 6.45) is 0.590. The summed E-state index contributed by atoms with van der Waals surface area (Å²) >= 11 is 0. The van der Waals surface area contributed by atoms with E-state index in [1.54, 1.807) is 4.90 Å². The molecule has 2 aromatic heterocycles. The van der Waals surface area contributed by atoms with Crippen molar-refractivity contribution >= 4 is 29.2 Å². The first-order chi connectivity index (χ1) is 15.6. The Bertz CT molecular complexity index is 1320. The number of benzene rings is 1. The number of nitrogens with one attached hydrogen (secondary N) is 2. The second-order valence-electron chi connectivity index (χ2n) is 9.82. The Morgan fingerprint density at radius 1 is 1.12 bits per heavy atom. The third kappa shape index (κ3) is 3.65. The summed E-state index contributed by atoms with van der Waals surface area (Å²) < 4.78 is 2.11. The highest BCUT2D eigenvalue weighted by molar-refractivity contribution is 6.05. The summed E-state index contributed by atoms with van der Waals surface area (Å²) in [6.45, 7) is 8.70. The van der Waals surface area contributed by atoms with Gasteiger partial charge in [-0.2, -0.15) is 0 Å². The minimum absolute atomic E-state index is 0.176. The van der Waals surface area contributed by atoms with E-state index in [-0.39, 0.29) is 23.8 Å². The fraction of sp³-hybridized carbons (Fsp3) is 0.360. The number of aryl methyl sites for hydroxylation is 1. The Balaban J connectivity index is 1.55. The second kappa shape index (κ2) is 7.43. The molecule has 170 valence electrons. The van der Waals surface area contributed by atoms with Crippen molar-refractivity contribution < 1.29 is 14.4 Å². The van der Waals surface area contributed by atoms with Crippen molar-refractivity contribution in [1.29, 1.82) is 0 Å². The highest BCUT2D eigenvalue weighted by Gasteiger charge is 2.39. The molecule has 4 heterocycles. The fourth-order valence-corrected chi connectivity index (χ4v) is 4.65. The molecule has 8 heteroatoms. The highest BCUT2D eigenvalue weighted by atomic mass is 16.2. The summed E-state index contributed by atoms with van der Waals surface area (Å²) in [6, 6.07) is 11.1. The van der Waals surface area contributed by atoms with E-state index in [0.717, 1.165) is 34.0 Å². The molecular weight excluding hydrogens is 418 g/mol. The quantitative estimate of drug-likeness (QED) is 0.603. The van der Waals surface area contributed by atoms with Gasteiger partial charge in [0.05, 0.1) is 0 Å². The van der Waals surface area contributed by atoms with Crippen molar-refractivity contribution in [2.45, 2.75) is 58.7 Å². The molecule has 3 aromatic rings. The molecule has 0 aliphatic carbocycles. The summed E-state index contributed by atoms with van der Waals surface area (Å²) in [7, 11) is 0. The third-order valence-corrected chi connectivity index (χ3v) is 6.13. The van der Waals surface area contributed by atoms with Crippen LogP contribution in [0.25, 0.3) is 16.9 Å². The van der Waals surface area contributed by atoms with E-state index < -0.39 is 11.9 Å². The standard InChI is InChI=1S/C25H27N5O3/c1-14-6-5-7-19-26-21(22(30(14)19)28-25(2,3)4)15-8-9-17-16(12-15)13-29(24(17)33)18-10-11-20(31)27-23(18)32/h5-9,12,18,28H,10-11,13H2,1-4H3,(H,27,31,32). The number of anilines is 1. The average Bonchev–Trinajstić information content (AvgIpc) is 3.25. The molecule has 0 spiro atoms. The van der Waals surface area contributed by atoms with Gasteiger partial charge in [0.15, 0.2) is 0 Å². The van der Waals surface area contributed by atoms with Crippen LogP contribution in [0.4, 0.5) is 5.82 Å². The van der Waals surface area contributed by atoms with E-state index in [9.17, 15) is 14.4 Å². The Morgan fingerprint density at radius 2 is 1.91 bits per heavy atom. The summed E-state index contributed by atoms with van der Waals surface area (Å²) in [5.41, 5.74) is 4.90. The lowest BCUT2D eigenvalue weighted by atomic mass is 10.0. The lowest BCUT2D eigenvalue weighted by molar-refractivity contribution is -0.136. The van der Waals surface area contributed by atoms with E-state index in [0.29, 0.717) is 18.5 Å². The van der Waals surface area contributed by atoms with Crippen molar-refractivity contribution in [3.63, 3.8) is 0 Å². The summed E-state index contributed by atoms with van der Waals surface area (Å²) in [5, 5.41) is 5.94. The first-order valence-electron chi connectivity index (χ1n) is 11.2. The third-order valence-electron chi connectivity index (χ3n) is 6.13. The number of amides is 3. The number of carbonyl (C=O) groups excluding carboxylic acids is 3. The maximum atomic E-state index is 13.0. The normalized spacial score (nSPS) is 18.6. The van der Waals surface area contributed by atoms with Crippen LogP contribution in [-0.4, -0.2) is 43.6 Å². The number of imide groups is 1. The maximum Gasteiger partial charge on any atom is 0.255 e. The predicted molar refractivity (Wildman–Crippen MR) is 125 cm³/mol. The summed E-state index contributed by atoms with van der Waals surface area (Å²) in [4.78, 5) is 43.4. The van der Waals surface area contributed by atoms with Crippen LogP contribution in [0.15, 0.2) is 36.4 Å². The van der Waals surface area contributed by atoms with Gasteiger partial charge in [-0.1, -0.05) is 12.1 Å². The highest BCUT2D eigenvalue weighted by Crippen LogP contribution is 2.35. The minimum Gasteiger partial charge on any atom is -0.365 e. The summed E-state index contributed by atoms with van der Waals surface area (Å²) in [5.74, 6) is 0.0377. The number of fused-ring (bicyclic) bond motifs is 2. The van der Waals surface area contributed by atoms with Crippen LogP contribution >= 0.6 is 0 Å². The molecule has 1 unspecified atom stereocenters.